The van der Waals surface area contributed by atoms with Gasteiger partial charge < -0.3 is 9.80 Å². The Balaban J connectivity index is 2.26. The number of fused-ring (bicyclic) bond motifs is 1. The summed E-state index contributed by atoms with van der Waals surface area (Å²) in [5, 5.41) is 0. The van der Waals surface area contributed by atoms with E-state index >= 15 is 0 Å². The Morgan fingerprint density at radius 3 is 2.74 bits per heavy atom. The van der Waals surface area contributed by atoms with Crippen LogP contribution >= 0.6 is 0 Å². The fourth-order valence-corrected chi connectivity index (χ4v) is 3.25. The lowest BCUT2D eigenvalue weighted by Crippen LogP contribution is -2.66. The van der Waals surface area contributed by atoms with Crippen molar-refractivity contribution < 1.29 is 9.59 Å². The Morgan fingerprint density at radius 2 is 2.11 bits per heavy atom. The summed E-state index contributed by atoms with van der Waals surface area (Å²) in [6.07, 6.45) is 9.52. The van der Waals surface area contributed by atoms with Gasteiger partial charge in [0.1, 0.15) is 12.1 Å². The zero-order valence-corrected chi connectivity index (χ0v) is 11.8. The molecule has 4 heteroatoms. The van der Waals surface area contributed by atoms with Crippen molar-refractivity contribution in [3.63, 3.8) is 0 Å². The third-order valence-electron chi connectivity index (χ3n) is 4.32. The lowest BCUT2D eigenvalue weighted by atomic mass is 9.93. The van der Waals surface area contributed by atoms with Crippen LogP contribution in [0.4, 0.5) is 0 Å². The maximum atomic E-state index is 12.7. The number of piperidine rings is 1. The summed E-state index contributed by atoms with van der Waals surface area (Å²) in [5.74, 6) is 2.80. The van der Waals surface area contributed by atoms with Crippen LogP contribution in [0.1, 0.15) is 46.0 Å². The standard InChI is InChI=1S/C15H22N2O2/c1-4-8-12(5-2)17-11(3)14(18)16-10-7-6-9-13(16)15(17)19/h1,11-13H,5-10H2,2-3H3. The zero-order chi connectivity index (χ0) is 14.0. The van der Waals surface area contributed by atoms with E-state index in [1.807, 2.05) is 13.8 Å². The molecule has 0 saturated carbocycles. The summed E-state index contributed by atoms with van der Waals surface area (Å²) in [7, 11) is 0. The molecular formula is C15H22N2O2. The topological polar surface area (TPSA) is 40.6 Å². The third kappa shape index (κ3) is 2.34. The van der Waals surface area contributed by atoms with Crippen molar-refractivity contribution in [2.24, 2.45) is 0 Å². The fraction of sp³-hybridized carbons (Fsp3) is 0.733. The van der Waals surface area contributed by atoms with Gasteiger partial charge in [-0.25, -0.2) is 0 Å². The lowest BCUT2D eigenvalue weighted by molar-refractivity contribution is -0.165. The van der Waals surface area contributed by atoms with Crippen molar-refractivity contribution in [2.45, 2.75) is 64.1 Å². The van der Waals surface area contributed by atoms with Gasteiger partial charge in [-0.2, -0.15) is 0 Å². The second kappa shape index (κ2) is 5.64. The van der Waals surface area contributed by atoms with E-state index in [-0.39, 0.29) is 29.9 Å². The van der Waals surface area contributed by atoms with E-state index < -0.39 is 0 Å². The molecule has 2 heterocycles. The second-order valence-electron chi connectivity index (χ2n) is 5.44. The Labute approximate surface area is 115 Å². The molecule has 2 aliphatic heterocycles. The summed E-state index contributed by atoms with van der Waals surface area (Å²) >= 11 is 0. The molecule has 4 nitrogen and oxygen atoms in total. The SMILES string of the molecule is C#CCC(CC)N1C(=O)C2CCCCN2C(=O)C1C. The zero-order valence-electron chi connectivity index (χ0n) is 11.8. The van der Waals surface area contributed by atoms with Crippen molar-refractivity contribution in [2.75, 3.05) is 6.54 Å². The Morgan fingerprint density at radius 1 is 1.37 bits per heavy atom. The minimum Gasteiger partial charge on any atom is -0.329 e. The molecule has 0 aliphatic carbocycles. The molecule has 0 spiro atoms. The predicted molar refractivity (Wildman–Crippen MR) is 73.2 cm³/mol. The average Bonchev–Trinajstić information content (AvgIpc) is 2.44. The molecule has 0 aromatic heterocycles. The van der Waals surface area contributed by atoms with Crippen LogP contribution in [0.15, 0.2) is 0 Å². The van der Waals surface area contributed by atoms with Crippen LogP contribution in [0.5, 0.6) is 0 Å². The van der Waals surface area contributed by atoms with Crippen molar-refractivity contribution in [1.29, 1.82) is 0 Å². The van der Waals surface area contributed by atoms with E-state index in [1.165, 1.54) is 0 Å². The largest absolute Gasteiger partial charge is 0.329 e. The maximum Gasteiger partial charge on any atom is 0.246 e. The van der Waals surface area contributed by atoms with E-state index in [1.54, 1.807) is 9.80 Å². The highest BCUT2D eigenvalue weighted by Gasteiger charge is 2.46. The van der Waals surface area contributed by atoms with Crippen LogP contribution in [0.2, 0.25) is 0 Å². The Bertz CT molecular complexity index is 413. The number of rotatable bonds is 3. The van der Waals surface area contributed by atoms with Gasteiger partial charge in [-0.3, -0.25) is 9.59 Å². The van der Waals surface area contributed by atoms with Gasteiger partial charge in [0.2, 0.25) is 11.8 Å². The van der Waals surface area contributed by atoms with Gasteiger partial charge in [-0.15, -0.1) is 12.3 Å². The molecule has 0 bridgehead atoms. The smallest absolute Gasteiger partial charge is 0.246 e. The number of hydrogen-bond acceptors (Lipinski definition) is 2. The van der Waals surface area contributed by atoms with E-state index in [9.17, 15) is 9.59 Å². The minimum atomic E-state index is -0.375. The molecule has 0 N–H and O–H groups in total. The number of nitrogens with zero attached hydrogens (tertiary/aromatic N) is 2. The van der Waals surface area contributed by atoms with Crippen LogP contribution < -0.4 is 0 Å². The first kappa shape index (κ1) is 13.9. The molecule has 104 valence electrons. The molecule has 3 atom stereocenters. The van der Waals surface area contributed by atoms with Gasteiger partial charge in [-0.05, 0) is 32.6 Å². The third-order valence-corrected chi connectivity index (χ3v) is 4.32. The number of piperazine rings is 1. The first-order valence-corrected chi connectivity index (χ1v) is 7.18. The van der Waals surface area contributed by atoms with Gasteiger partial charge in [0.15, 0.2) is 0 Å². The molecular weight excluding hydrogens is 240 g/mol. The maximum absolute atomic E-state index is 12.7. The predicted octanol–water partition coefficient (Wildman–Crippen LogP) is 1.40. The molecule has 0 aromatic rings. The van der Waals surface area contributed by atoms with Gasteiger partial charge in [0.25, 0.3) is 0 Å². The lowest BCUT2D eigenvalue weighted by Gasteiger charge is -2.48. The van der Waals surface area contributed by atoms with Crippen LogP contribution in [-0.4, -0.2) is 46.3 Å². The Hall–Kier alpha value is -1.50. The molecule has 2 amide bonds. The quantitative estimate of drug-likeness (QED) is 0.721. The highest BCUT2D eigenvalue weighted by molar-refractivity contribution is 5.97. The van der Waals surface area contributed by atoms with Gasteiger partial charge in [-0.1, -0.05) is 6.92 Å². The average molecular weight is 262 g/mol. The number of hydrogen-bond donors (Lipinski definition) is 0. The molecule has 2 aliphatic rings. The monoisotopic (exact) mass is 262 g/mol. The van der Waals surface area contributed by atoms with Crippen molar-refractivity contribution in [3.05, 3.63) is 0 Å². The van der Waals surface area contributed by atoms with Crippen molar-refractivity contribution >= 4 is 11.8 Å². The number of terminal acetylenes is 1. The molecule has 3 unspecified atom stereocenters. The summed E-state index contributed by atoms with van der Waals surface area (Å²) in [6, 6.07) is -0.634. The summed E-state index contributed by atoms with van der Waals surface area (Å²) < 4.78 is 0. The first-order chi connectivity index (χ1) is 9.11. The number of amides is 2. The summed E-state index contributed by atoms with van der Waals surface area (Å²) in [5.41, 5.74) is 0. The van der Waals surface area contributed by atoms with Gasteiger partial charge in [0.05, 0.1) is 0 Å². The van der Waals surface area contributed by atoms with E-state index in [2.05, 4.69) is 5.92 Å². The number of carbonyl (C=O) groups is 2. The van der Waals surface area contributed by atoms with Gasteiger partial charge in [0, 0.05) is 19.0 Å². The second-order valence-corrected chi connectivity index (χ2v) is 5.44. The molecule has 19 heavy (non-hydrogen) atoms. The Kier molecular flexibility index (Phi) is 4.14. The highest BCUT2D eigenvalue weighted by Crippen LogP contribution is 2.28. The summed E-state index contributed by atoms with van der Waals surface area (Å²) in [6.45, 7) is 4.56. The van der Waals surface area contributed by atoms with Crippen LogP contribution in [0.3, 0.4) is 0 Å². The fourth-order valence-electron chi connectivity index (χ4n) is 3.25. The van der Waals surface area contributed by atoms with Crippen LogP contribution in [-0.2, 0) is 9.59 Å². The van der Waals surface area contributed by atoms with Crippen LogP contribution in [0.25, 0.3) is 0 Å². The highest BCUT2D eigenvalue weighted by atomic mass is 16.2. The summed E-state index contributed by atoms with van der Waals surface area (Å²) in [4.78, 5) is 28.6. The van der Waals surface area contributed by atoms with Crippen molar-refractivity contribution in [3.8, 4) is 12.3 Å². The first-order valence-electron chi connectivity index (χ1n) is 7.18. The normalized spacial score (nSPS) is 28.9. The number of carbonyl (C=O) groups excluding carboxylic acids is 2. The molecule has 0 aromatic carbocycles. The van der Waals surface area contributed by atoms with Gasteiger partial charge >= 0.3 is 0 Å². The van der Waals surface area contributed by atoms with Crippen LogP contribution in [0, 0.1) is 12.3 Å². The molecule has 2 rings (SSSR count). The molecule has 2 fully saturated rings. The van der Waals surface area contributed by atoms with E-state index in [4.69, 9.17) is 6.42 Å². The van der Waals surface area contributed by atoms with E-state index in [0.29, 0.717) is 6.42 Å². The minimum absolute atomic E-state index is 0.0134. The van der Waals surface area contributed by atoms with E-state index in [0.717, 1.165) is 32.2 Å². The molecule has 0 radical (unpaired) electrons. The molecule has 2 saturated heterocycles. The van der Waals surface area contributed by atoms with Crippen molar-refractivity contribution in [1.82, 2.24) is 9.80 Å².